The van der Waals surface area contributed by atoms with Gasteiger partial charge >= 0.3 is 0 Å². The van der Waals surface area contributed by atoms with E-state index in [0.717, 1.165) is 30.4 Å². The van der Waals surface area contributed by atoms with Crippen LogP contribution in [0, 0.1) is 0 Å². The maximum Gasteiger partial charge on any atom is 0.119 e. The summed E-state index contributed by atoms with van der Waals surface area (Å²) in [5.41, 5.74) is 0.891. The number of nitrogens with one attached hydrogen (secondary N) is 1. The third-order valence-electron chi connectivity index (χ3n) is 3.63. The predicted octanol–water partition coefficient (Wildman–Crippen LogP) is 1.41. The van der Waals surface area contributed by atoms with E-state index in [9.17, 15) is 5.11 Å². The summed E-state index contributed by atoms with van der Waals surface area (Å²) in [5.74, 6) is 0.782. The number of rotatable bonds is 8. The topological polar surface area (TPSA) is 44.7 Å². The second-order valence-electron chi connectivity index (χ2n) is 5.21. The molecule has 1 aliphatic rings. The molecule has 2 N–H and O–H groups in total. The summed E-state index contributed by atoms with van der Waals surface area (Å²) in [6.07, 6.45) is 2.19. The fourth-order valence-electron chi connectivity index (χ4n) is 2.16. The first-order chi connectivity index (χ1) is 9.20. The molecule has 0 aromatic heterocycles. The lowest BCUT2D eigenvalue weighted by Gasteiger charge is -2.17. The first kappa shape index (κ1) is 14.3. The molecule has 1 atom stereocenters. The van der Waals surface area contributed by atoms with Gasteiger partial charge in [0, 0.05) is 25.7 Å². The lowest BCUT2D eigenvalue weighted by atomic mass is 10.1. The fraction of sp³-hybridized carbons (Fsp3) is 0.600. The molecule has 1 aromatic rings. The molecule has 1 unspecified atom stereocenters. The molecule has 106 valence electrons. The molecule has 19 heavy (non-hydrogen) atoms. The highest BCUT2D eigenvalue weighted by molar-refractivity contribution is 5.29. The SMILES string of the molecule is COc1cccc(C(O)CNCCN(C)C2CC2)c1. The highest BCUT2D eigenvalue weighted by Crippen LogP contribution is 2.24. The first-order valence-corrected chi connectivity index (χ1v) is 6.93. The van der Waals surface area contributed by atoms with Crippen molar-refractivity contribution in [2.45, 2.75) is 25.0 Å². The van der Waals surface area contributed by atoms with E-state index >= 15 is 0 Å². The van der Waals surface area contributed by atoms with Crippen molar-refractivity contribution in [2.75, 3.05) is 33.8 Å². The average Bonchev–Trinajstić information content (AvgIpc) is 3.27. The van der Waals surface area contributed by atoms with Gasteiger partial charge in [0.1, 0.15) is 5.75 Å². The van der Waals surface area contributed by atoms with E-state index in [1.807, 2.05) is 24.3 Å². The van der Waals surface area contributed by atoms with Gasteiger partial charge in [-0.05, 0) is 37.6 Å². The number of hydrogen-bond acceptors (Lipinski definition) is 4. The van der Waals surface area contributed by atoms with E-state index in [4.69, 9.17) is 4.74 Å². The molecule has 4 nitrogen and oxygen atoms in total. The molecule has 1 aromatic carbocycles. The molecule has 1 saturated carbocycles. The zero-order valence-electron chi connectivity index (χ0n) is 11.8. The number of aliphatic hydroxyl groups is 1. The number of methoxy groups -OCH3 is 1. The van der Waals surface area contributed by atoms with Gasteiger partial charge in [0.2, 0.25) is 0 Å². The molecule has 4 heteroatoms. The summed E-state index contributed by atoms with van der Waals surface area (Å²) in [6, 6.07) is 8.38. The van der Waals surface area contributed by atoms with Crippen LogP contribution in [0.2, 0.25) is 0 Å². The molecule has 0 bridgehead atoms. The normalized spacial score (nSPS) is 16.6. The fourth-order valence-corrected chi connectivity index (χ4v) is 2.16. The lowest BCUT2D eigenvalue weighted by Crippen LogP contribution is -2.32. The maximum absolute atomic E-state index is 10.1. The summed E-state index contributed by atoms with van der Waals surface area (Å²) in [5, 5.41) is 13.4. The van der Waals surface area contributed by atoms with Gasteiger partial charge in [0.15, 0.2) is 0 Å². The molecule has 0 aliphatic heterocycles. The summed E-state index contributed by atoms with van der Waals surface area (Å²) < 4.78 is 5.16. The summed E-state index contributed by atoms with van der Waals surface area (Å²) in [7, 11) is 3.80. The first-order valence-electron chi connectivity index (χ1n) is 6.93. The van der Waals surface area contributed by atoms with Crippen molar-refractivity contribution in [2.24, 2.45) is 0 Å². The van der Waals surface area contributed by atoms with E-state index < -0.39 is 6.10 Å². The van der Waals surface area contributed by atoms with Crippen LogP contribution in [-0.4, -0.2) is 49.8 Å². The van der Waals surface area contributed by atoms with Gasteiger partial charge in [-0.25, -0.2) is 0 Å². The third-order valence-corrected chi connectivity index (χ3v) is 3.63. The predicted molar refractivity (Wildman–Crippen MR) is 76.5 cm³/mol. The highest BCUT2D eigenvalue weighted by Gasteiger charge is 2.25. The van der Waals surface area contributed by atoms with Crippen molar-refractivity contribution in [3.05, 3.63) is 29.8 Å². The molecule has 0 spiro atoms. The maximum atomic E-state index is 10.1. The van der Waals surface area contributed by atoms with Crippen molar-refractivity contribution in [1.29, 1.82) is 0 Å². The molecular formula is C15H24N2O2. The monoisotopic (exact) mass is 264 g/mol. The van der Waals surface area contributed by atoms with Crippen molar-refractivity contribution in [1.82, 2.24) is 10.2 Å². The Hall–Kier alpha value is -1.10. The van der Waals surface area contributed by atoms with Gasteiger partial charge in [-0.3, -0.25) is 0 Å². The zero-order chi connectivity index (χ0) is 13.7. The summed E-state index contributed by atoms with van der Waals surface area (Å²) in [4.78, 5) is 2.38. The summed E-state index contributed by atoms with van der Waals surface area (Å²) in [6.45, 7) is 2.52. The molecular weight excluding hydrogens is 240 g/mol. The number of likely N-dealkylation sites (N-methyl/N-ethyl adjacent to an activating group) is 1. The standard InChI is InChI=1S/C15H24N2O2/c1-17(13-6-7-13)9-8-16-11-15(18)12-4-3-5-14(10-12)19-2/h3-5,10,13,15-16,18H,6-9,11H2,1-2H3. The molecule has 0 heterocycles. The van der Waals surface area contributed by atoms with Crippen LogP contribution in [0.5, 0.6) is 5.75 Å². The highest BCUT2D eigenvalue weighted by atomic mass is 16.5. The Morgan fingerprint density at radius 2 is 2.26 bits per heavy atom. The average molecular weight is 264 g/mol. The molecule has 1 fully saturated rings. The Balaban J connectivity index is 1.69. The number of ether oxygens (including phenoxy) is 1. The summed E-state index contributed by atoms with van der Waals surface area (Å²) >= 11 is 0. The Morgan fingerprint density at radius 3 is 2.95 bits per heavy atom. The Bertz CT molecular complexity index is 393. The van der Waals surface area contributed by atoms with E-state index in [1.165, 1.54) is 12.8 Å². The molecule has 0 saturated heterocycles. The van der Waals surface area contributed by atoms with Crippen LogP contribution in [0.1, 0.15) is 24.5 Å². The quantitative estimate of drug-likeness (QED) is 0.697. The Labute approximate surface area is 115 Å². The van der Waals surface area contributed by atoms with E-state index in [0.29, 0.717) is 6.54 Å². The second-order valence-corrected chi connectivity index (χ2v) is 5.21. The van der Waals surface area contributed by atoms with Crippen LogP contribution in [0.3, 0.4) is 0 Å². The zero-order valence-corrected chi connectivity index (χ0v) is 11.8. The van der Waals surface area contributed by atoms with Gasteiger partial charge in [0.05, 0.1) is 13.2 Å². The van der Waals surface area contributed by atoms with Gasteiger partial charge in [-0.15, -0.1) is 0 Å². The van der Waals surface area contributed by atoms with E-state index in [2.05, 4.69) is 17.3 Å². The Morgan fingerprint density at radius 1 is 1.47 bits per heavy atom. The van der Waals surface area contributed by atoms with Crippen LogP contribution in [0.4, 0.5) is 0 Å². The van der Waals surface area contributed by atoms with Gasteiger partial charge in [0.25, 0.3) is 0 Å². The van der Waals surface area contributed by atoms with Crippen LogP contribution < -0.4 is 10.1 Å². The smallest absolute Gasteiger partial charge is 0.119 e. The number of nitrogens with zero attached hydrogens (tertiary/aromatic N) is 1. The molecule has 1 aliphatic carbocycles. The van der Waals surface area contributed by atoms with Crippen LogP contribution in [-0.2, 0) is 0 Å². The van der Waals surface area contributed by atoms with Crippen LogP contribution >= 0.6 is 0 Å². The minimum Gasteiger partial charge on any atom is -0.497 e. The van der Waals surface area contributed by atoms with Crippen molar-refractivity contribution >= 4 is 0 Å². The van der Waals surface area contributed by atoms with Crippen LogP contribution in [0.25, 0.3) is 0 Å². The van der Waals surface area contributed by atoms with Gasteiger partial charge in [-0.1, -0.05) is 12.1 Å². The minimum atomic E-state index is -0.485. The van der Waals surface area contributed by atoms with Crippen LogP contribution in [0.15, 0.2) is 24.3 Å². The lowest BCUT2D eigenvalue weighted by molar-refractivity contribution is 0.172. The second kappa shape index (κ2) is 6.89. The van der Waals surface area contributed by atoms with E-state index in [1.54, 1.807) is 7.11 Å². The van der Waals surface area contributed by atoms with Crippen molar-refractivity contribution in [3.8, 4) is 5.75 Å². The van der Waals surface area contributed by atoms with Gasteiger partial charge < -0.3 is 20.1 Å². The third kappa shape index (κ3) is 4.49. The number of benzene rings is 1. The molecule has 2 rings (SSSR count). The molecule has 0 radical (unpaired) electrons. The Kier molecular flexibility index (Phi) is 5.19. The number of hydrogen-bond donors (Lipinski definition) is 2. The van der Waals surface area contributed by atoms with Crippen molar-refractivity contribution in [3.63, 3.8) is 0 Å². The molecule has 0 amide bonds. The van der Waals surface area contributed by atoms with Crippen molar-refractivity contribution < 1.29 is 9.84 Å². The largest absolute Gasteiger partial charge is 0.497 e. The van der Waals surface area contributed by atoms with E-state index in [-0.39, 0.29) is 0 Å². The van der Waals surface area contributed by atoms with Gasteiger partial charge in [-0.2, -0.15) is 0 Å². The minimum absolute atomic E-state index is 0.485. The number of aliphatic hydroxyl groups excluding tert-OH is 1.